The summed E-state index contributed by atoms with van der Waals surface area (Å²) in [6.45, 7) is 2.13. The standard InChI is InChI=1S/C24H31N3OS/c1-3-19-14-16-21(17-15-19)25-23(28)18-29-24(26-20-10-6-4-7-11-20)27(2)22-12-8-5-9-13-22/h4,6-7,10-11,14-17,22H,3,5,8-9,12-13,18H2,1-2H3,(H,25,28). The summed E-state index contributed by atoms with van der Waals surface area (Å²) in [5.74, 6) is 0.343. The number of carbonyl (C=O) groups excluding carboxylic acids is 1. The van der Waals surface area contributed by atoms with Crippen molar-refractivity contribution < 1.29 is 4.79 Å². The number of para-hydroxylation sites is 1. The number of amidine groups is 1. The van der Waals surface area contributed by atoms with Gasteiger partial charge in [0, 0.05) is 18.8 Å². The van der Waals surface area contributed by atoms with Gasteiger partial charge < -0.3 is 10.2 Å². The van der Waals surface area contributed by atoms with E-state index in [1.165, 1.54) is 49.4 Å². The summed E-state index contributed by atoms with van der Waals surface area (Å²) >= 11 is 1.52. The molecule has 2 aromatic rings. The summed E-state index contributed by atoms with van der Waals surface area (Å²) in [5, 5.41) is 3.91. The van der Waals surface area contributed by atoms with E-state index >= 15 is 0 Å². The van der Waals surface area contributed by atoms with Gasteiger partial charge in [-0.25, -0.2) is 4.99 Å². The zero-order chi connectivity index (χ0) is 20.5. The lowest BCUT2D eigenvalue weighted by molar-refractivity contribution is -0.113. The molecule has 0 atom stereocenters. The summed E-state index contributed by atoms with van der Waals surface area (Å²) in [4.78, 5) is 19.7. The van der Waals surface area contributed by atoms with Gasteiger partial charge in [0.1, 0.15) is 0 Å². The second-order valence-corrected chi connectivity index (χ2v) is 8.46. The number of benzene rings is 2. The van der Waals surface area contributed by atoms with Gasteiger partial charge in [-0.1, -0.05) is 68.3 Å². The molecular formula is C24H31N3OS. The molecule has 1 N–H and O–H groups in total. The number of hydrogen-bond acceptors (Lipinski definition) is 3. The Balaban J connectivity index is 1.65. The van der Waals surface area contributed by atoms with Crippen molar-refractivity contribution >= 4 is 34.2 Å². The van der Waals surface area contributed by atoms with Crippen LogP contribution in [0.3, 0.4) is 0 Å². The molecule has 1 amide bonds. The average molecular weight is 410 g/mol. The molecule has 0 radical (unpaired) electrons. The Labute approximate surface area is 178 Å². The molecule has 3 rings (SSSR count). The van der Waals surface area contributed by atoms with E-state index in [2.05, 4.69) is 36.3 Å². The van der Waals surface area contributed by atoms with Crippen LogP contribution in [0.4, 0.5) is 11.4 Å². The first-order valence-corrected chi connectivity index (χ1v) is 11.5. The molecule has 1 fully saturated rings. The van der Waals surface area contributed by atoms with Gasteiger partial charge in [0.15, 0.2) is 5.17 Å². The Morgan fingerprint density at radius 1 is 1.07 bits per heavy atom. The number of anilines is 1. The summed E-state index contributed by atoms with van der Waals surface area (Å²) in [6, 6.07) is 18.5. The van der Waals surface area contributed by atoms with Crippen molar-refractivity contribution in [3.05, 3.63) is 60.2 Å². The summed E-state index contributed by atoms with van der Waals surface area (Å²) in [5.41, 5.74) is 3.03. The summed E-state index contributed by atoms with van der Waals surface area (Å²) in [6.07, 6.45) is 7.25. The number of nitrogens with zero attached hydrogens (tertiary/aromatic N) is 2. The Morgan fingerprint density at radius 3 is 2.41 bits per heavy atom. The van der Waals surface area contributed by atoms with Crippen LogP contribution >= 0.6 is 11.8 Å². The van der Waals surface area contributed by atoms with Crippen LogP contribution in [0.2, 0.25) is 0 Å². The van der Waals surface area contributed by atoms with Crippen LogP contribution in [0, 0.1) is 0 Å². The summed E-state index contributed by atoms with van der Waals surface area (Å²) in [7, 11) is 2.12. The molecule has 2 aromatic carbocycles. The van der Waals surface area contributed by atoms with E-state index in [-0.39, 0.29) is 5.91 Å². The number of carbonyl (C=O) groups is 1. The molecule has 29 heavy (non-hydrogen) atoms. The van der Waals surface area contributed by atoms with E-state index < -0.39 is 0 Å². The number of rotatable bonds is 6. The molecule has 5 heteroatoms. The fourth-order valence-electron chi connectivity index (χ4n) is 3.60. The molecule has 1 aliphatic rings. The quantitative estimate of drug-likeness (QED) is 0.479. The minimum Gasteiger partial charge on any atom is -0.351 e. The maximum absolute atomic E-state index is 12.5. The molecule has 4 nitrogen and oxygen atoms in total. The molecule has 0 bridgehead atoms. The molecule has 0 heterocycles. The average Bonchev–Trinajstić information content (AvgIpc) is 2.78. The van der Waals surface area contributed by atoms with Crippen LogP contribution in [0.25, 0.3) is 0 Å². The van der Waals surface area contributed by atoms with E-state index in [0.717, 1.165) is 23.0 Å². The highest BCUT2D eigenvalue weighted by atomic mass is 32.2. The molecule has 154 valence electrons. The van der Waals surface area contributed by atoms with Gasteiger partial charge in [-0.15, -0.1) is 0 Å². The van der Waals surface area contributed by atoms with Crippen LogP contribution in [-0.2, 0) is 11.2 Å². The van der Waals surface area contributed by atoms with Crippen molar-refractivity contribution in [1.82, 2.24) is 4.90 Å². The normalized spacial score (nSPS) is 15.2. The monoisotopic (exact) mass is 409 g/mol. The minimum atomic E-state index is -0.00273. The van der Waals surface area contributed by atoms with Gasteiger partial charge >= 0.3 is 0 Å². The fourth-order valence-corrected chi connectivity index (χ4v) is 4.46. The van der Waals surface area contributed by atoms with E-state index in [4.69, 9.17) is 4.99 Å². The highest BCUT2D eigenvalue weighted by Crippen LogP contribution is 2.26. The molecular weight excluding hydrogens is 378 g/mol. The topological polar surface area (TPSA) is 44.7 Å². The second-order valence-electron chi connectivity index (χ2n) is 7.52. The predicted molar refractivity (Wildman–Crippen MR) is 125 cm³/mol. The van der Waals surface area contributed by atoms with Gasteiger partial charge in [-0.3, -0.25) is 4.79 Å². The molecule has 0 unspecified atom stereocenters. The van der Waals surface area contributed by atoms with Crippen molar-refractivity contribution in [1.29, 1.82) is 0 Å². The van der Waals surface area contributed by atoms with E-state index in [9.17, 15) is 4.79 Å². The van der Waals surface area contributed by atoms with Crippen molar-refractivity contribution in [3.63, 3.8) is 0 Å². The SMILES string of the molecule is CCc1ccc(NC(=O)CSC(=Nc2ccccc2)N(C)C2CCCCC2)cc1. The van der Waals surface area contributed by atoms with Gasteiger partial charge in [-0.05, 0) is 49.1 Å². The highest BCUT2D eigenvalue weighted by molar-refractivity contribution is 8.14. The number of aliphatic imine (C=N–C) groups is 1. The van der Waals surface area contributed by atoms with E-state index in [1.807, 2.05) is 42.5 Å². The molecule has 0 saturated heterocycles. The van der Waals surface area contributed by atoms with Gasteiger partial charge in [0.2, 0.25) is 5.91 Å². The van der Waals surface area contributed by atoms with Crippen LogP contribution in [-0.4, -0.2) is 34.8 Å². The third-order valence-corrected chi connectivity index (χ3v) is 6.43. The van der Waals surface area contributed by atoms with Crippen molar-refractivity contribution in [3.8, 4) is 0 Å². The lowest BCUT2D eigenvalue weighted by Crippen LogP contribution is -2.37. The summed E-state index contributed by atoms with van der Waals surface area (Å²) < 4.78 is 0. The van der Waals surface area contributed by atoms with Crippen LogP contribution in [0.15, 0.2) is 59.6 Å². The third kappa shape index (κ3) is 6.64. The number of amides is 1. The molecule has 1 saturated carbocycles. The van der Waals surface area contributed by atoms with Crippen molar-refractivity contribution in [2.24, 2.45) is 4.99 Å². The van der Waals surface area contributed by atoms with E-state index in [0.29, 0.717) is 11.8 Å². The lowest BCUT2D eigenvalue weighted by Gasteiger charge is -2.33. The zero-order valence-electron chi connectivity index (χ0n) is 17.4. The zero-order valence-corrected chi connectivity index (χ0v) is 18.3. The number of thioether (sulfide) groups is 1. The molecule has 0 aromatic heterocycles. The highest BCUT2D eigenvalue weighted by Gasteiger charge is 2.22. The first-order valence-electron chi connectivity index (χ1n) is 10.5. The van der Waals surface area contributed by atoms with Crippen molar-refractivity contribution in [2.45, 2.75) is 51.5 Å². The first-order chi connectivity index (χ1) is 14.2. The maximum Gasteiger partial charge on any atom is 0.234 e. The van der Waals surface area contributed by atoms with Crippen molar-refractivity contribution in [2.75, 3.05) is 18.1 Å². The Kier molecular flexibility index (Phi) is 8.17. The maximum atomic E-state index is 12.5. The fraction of sp³-hybridized carbons (Fsp3) is 0.417. The second kappa shape index (κ2) is 11.1. The Morgan fingerprint density at radius 2 is 1.76 bits per heavy atom. The van der Waals surface area contributed by atoms with Gasteiger partial charge in [0.05, 0.1) is 11.4 Å². The van der Waals surface area contributed by atoms with Crippen LogP contribution < -0.4 is 5.32 Å². The predicted octanol–water partition coefficient (Wildman–Crippen LogP) is 5.87. The Hall–Kier alpha value is -2.27. The number of hydrogen-bond donors (Lipinski definition) is 1. The van der Waals surface area contributed by atoms with Gasteiger partial charge in [-0.2, -0.15) is 0 Å². The molecule has 1 aliphatic carbocycles. The smallest absolute Gasteiger partial charge is 0.234 e. The van der Waals surface area contributed by atoms with Gasteiger partial charge in [0.25, 0.3) is 0 Å². The Bertz CT molecular complexity index is 799. The largest absolute Gasteiger partial charge is 0.351 e. The number of nitrogens with one attached hydrogen (secondary N) is 1. The first kappa shape index (κ1) is 21.4. The van der Waals surface area contributed by atoms with Crippen LogP contribution in [0.1, 0.15) is 44.6 Å². The number of aryl methyl sites for hydroxylation is 1. The minimum absolute atomic E-state index is 0.00273. The molecule has 0 aliphatic heterocycles. The van der Waals surface area contributed by atoms with E-state index in [1.54, 1.807) is 0 Å². The third-order valence-electron chi connectivity index (χ3n) is 5.38. The molecule has 0 spiro atoms. The van der Waals surface area contributed by atoms with Crippen LogP contribution in [0.5, 0.6) is 0 Å². The lowest BCUT2D eigenvalue weighted by atomic mass is 9.95.